The second kappa shape index (κ2) is 5.14. The number of aliphatic carboxylic acids is 1. The van der Waals surface area contributed by atoms with E-state index in [1.165, 1.54) is 6.92 Å². The van der Waals surface area contributed by atoms with Crippen LogP contribution in [0.15, 0.2) is 24.3 Å². The molecule has 5 heteroatoms. The Bertz CT molecular complexity index is 631. The van der Waals surface area contributed by atoms with Gasteiger partial charge in [-0.1, -0.05) is 18.2 Å². The maximum atomic E-state index is 11.1. The van der Waals surface area contributed by atoms with Gasteiger partial charge in [-0.05, 0) is 23.9 Å². The number of carbonyl (C=O) groups is 2. The van der Waals surface area contributed by atoms with Gasteiger partial charge < -0.3 is 15.4 Å². The third-order valence-corrected chi connectivity index (χ3v) is 3.02. The number of hydrogen-bond acceptors (Lipinski definition) is 2. The average Bonchev–Trinajstić information content (AvgIpc) is 2.71. The van der Waals surface area contributed by atoms with Crippen LogP contribution in [0.1, 0.15) is 18.2 Å². The van der Waals surface area contributed by atoms with Crippen molar-refractivity contribution in [3.05, 3.63) is 35.5 Å². The molecule has 1 heterocycles. The molecule has 0 aliphatic carbocycles. The van der Waals surface area contributed by atoms with E-state index in [-0.39, 0.29) is 12.3 Å². The van der Waals surface area contributed by atoms with E-state index >= 15 is 0 Å². The Morgan fingerprint density at radius 2 is 2.16 bits per heavy atom. The minimum atomic E-state index is -1.04. The number of aryl methyl sites for hydroxylation is 1. The van der Waals surface area contributed by atoms with Crippen LogP contribution in [0.3, 0.4) is 0 Å². The molecule has 5 nitrogen and oxygen atoms in total. The van der Waals surface area contributed by atoms with Gasteiger partial charge in [0, 0.05) is 24.6 Å². The zero-order valence-corrected chi connectivity index (χ0v) is 10.9. The summed E-state index contributed by atoms with van der Waals surface area (Å²) in [5, 5.41) is 12.6. The minimum Gasteiger partial charge on any atom is -0.480 e. The van der Waals surface area contributed by atoms with Crippen molar-refractivity contribution in [2.24, 2.45) is 0 Å². The first-order chi connectivity index (χ1) is 8.97. The van der Waals surface area contributed by atoms with E-state index in [0.29, 0.717) is 0 Å². The number of nitrogens with one attached hydrogen (secondary N) is 2. The van der Waals surface area contributed by atoms with Crippen LogP contribution >= 0.6 is 0 Å². The topological polar surface area (TPSA) is 82.2 Å². The van der Waals surface area contributed by atoms with Crippen LogP contribution in [0.5, 0.6) is 0 Å². The smallest absolute Gasteiger partial charge is 0.326 e. The van der Waals surface area contributed by atoms with Crippen LogP contribution in [0.4, 0.5) is 0 Å². The third kappa shape index (κ3) is 2.93. The molecule has 2 aromatic rings. The zero-order chi connectivity index (χ0) is 14.0. The average molecular weight is 260 g/mol. The first-order valence-electron chi connectivity index (χ1n) is 6.04. The van der Waals surface area contributed by atoms with E-state index in [2.05, 4.69) is 10.3 Å². The lowest BCUT2D eigenvalue weighted by molar-refractivity contribution is -0.141. The summed E-state index contributed by atoms with van der Waals surface area (Å²) in [7, 11) is 0. The first-order valence-corrected chi connectivity index (χ1v) is 6.04. The van der Waals surface area contributed by atoms with Gasteiger partial charge in [-0.15, -0.1) is 0 Å². The quantitative estimate of drug-likeness (QED) is 0.781. The number of rotatable bonds is 4. The highest BCUT2D eigenvalue weighted by Gasteiger charge is 2.19. The van der Waals surface area contributed by atoms with Gasteiger partial charge in [0.25, 0.3) is 0 Å². The van der Waals surface area contributed by atoms with Gasteiger partial charge in [-0.2, -0.15) is 0 Å². The summed E-state index contributed by atoms with van der Waals surface area (Å²) >= 11 is 0. The number of para-hydroxylation sites is 1. The van der Waals surface area contributed by atoms with Gasteiger partial charge in [0.2, 0.25) is 5.91 Å². The van der Waals surface area contributed by atoms with Crippen LogP contribution in [0, 0.1) is 6.92 Å². The zero-order valence-electron chi connectivity index (χ0n) is 10.9. The number of fused-ring (bicyclic) bond motifs is 1. The number of H-pyrrole nitrogens is 1. The molecule has 0 bridgehead atoms. The van der Waals surface area contributed by atoms with Crippen molar-refractivity contribution in [1.82, 2.24) is 10.3 Å². The number of carboxylic acids is 1. The van der Waals surface area contributed by atoms with Crippen molar-refractivity contribution in [2.75, 3.05) is 0 Å². The number of aromatic amines is 1. The largest absolute Gasteiger partial charge is 0.480 e. The number of carboxylic acid groups (broad SMARTS) is 1. The van der Waals surface area contributed by atoms with E-state index < -0.39 is 12.0 Å². The van der Waals surface area contributed by atoms with Gasteiger partial charge in [0.1, 0.15) is 6.04 Å². The SMILES string of the molecule is CC(=O)NC(Cc1cc2cccc(C)c2[nH]1)C(=O)O. The van der Waals surface area contributed by atoms with Gasteiger partial charge in [0.15, 0.2) is 0 Å². The van der Waals surface area contributed by atoms with Gasteiger partial charge in [-0.3, -0.25) is 4.79 Å². The molecule has 0 saturated heterocycles. The summed E-state index contributed by atoms with van der Waals surface area (Å²) in [5.74, 6) is -1.38. The molecule has 0 aliphatic heterocycles. The highest BCUT2D eigenvalue weighted by Crippen LogP contribution is 2.19. The van der Waals surface area contributed by atoms with Gasteiger partial charge in [0.05, 0.1) is 0 Å². The van der Waals surface area contributed by atoms with E-state index in [1.54, 1.807) is 0 Å². The Morgan fingerprint density at radius 1 is 1.42 bits per heavy atom. The maximum Gasteiger partial charge on any atom is 0.326 e. The number of aromatic nitrogens is 1. The van der Waals surface area contributed by atoms with Crippen molar-refractivity contribution >= 4 is 22.8 Å². The van der Waals surface area contributed by atoms with E-state index in [4.69, 9.17) is 5.11 Å². The number of benzene rings is 1. The molecule has 2 rings (SSSR count). The Hall–Kier alpha value is -2.30. The summed E-state index contributed by atoms with van der Waals surface area (Å²) < 4.78 is 0. The molecule has 19 heavy (non-hydrogen) atoms. The van der Waals surface area contributed by atoms with E-state index in [9.17, 15) is 9.59 Å². The van der Waals surface area contributed by atoms with Crippen LogP contribution < -0.4 is 5.32 Å². The lowest BCUT2D eigenvalue weighted by Crippen LogP contribution is -2.41. The van der Waals surface area contributed by atoms with Crippen molar-refractivity contribution in [1.29, 1.82) is 0 Å². The molecule has 0 fully saturated rings. The summed E-state index contributed by atoms with van der Waals surface area (Å²) in [5.41, 5.74) is 2.91. The fourth-order valence-corrected chi connectivity index (χ4v) is 2.14. The predicted molar refractivity (Wildman–Crippen MR) is 72.0 cm³/mol. The number of amides is 1. The van der Waals surface area contributed by atoms with Crippen molar-refractivity contribution in [3.63, 3.8) is 0 Å². The normalized spacial score (nSPS) is 12.3. The lowest BCUT2D eigenvalue weighted by Gasteiger charge is -2.11. The highest BCUT2D eigenvalue weighted by molar-refractivity contribution is 5.85. The fraction of sp³-hybridized carbons (Fsp3) is 0.286. The molecule has 1 unspecified atom stereocenters. The molecule has 3 N–H and O–H groups in total. The molecular formula is C14H16N2O3. The molecule has 100 valence electrons. The number of carbonyl (C=O) groups excluding carboxylic acids is 1. The Morgan fingerprint density at radius 3 is 2.74 bits per heavy atom. The third-order valence-electron chi connectivity index (χ3n) is 3.02. The van der Waals surface area contributed by atoms with Crippen molar-refractivity contribution in [3.8, 4) is 0 Å². The van der Waals surface area contributed by atoms with Crippen LogP contribution in [-0.4, -0.2) is 28.0 Å². The van der Waals surface area contributed by atoms with Crippen LogP contribution in [0.2, 0.25) is 0 Å². The summed E-state index contributed by atoms with van der Waals surface area (Å²) in [6.07, 6.45) is 0.239. The van der Waals surface area contributed by atoms with Gasteiger partial charge in [-0.25, -0.2) is 4.79 Å². The first kappa shape index (κ1) is 13.1. The number of hydrogen-bond donors (Lipinski definition) is 3. The molecule has 1 amide bonds. The Balaban J connectivity index is 2.26. The molecule has 0 aliphatic rings. The molecule has 1 aromatic heterocycles. The predicted octanol–water partition coefficient (Wildman–Crippen LogP) is 1.61. The summed E-state index contributed by atoms with van der Waals surface area (Å²) in [6.45, 7) is 3.30. The monoisotopic (exact) mass is 260 g/mol. The second-order valence-electron chi connectivity index (χ2n) is 4.63. The highest BCUT2D eigenvalue weighted by atomic mass is 16.4. The molecule has 1 aromatic carbocycles. The molecule has 0 spiro atoms. The van der Waals surface area contributed by atoms with E-state index in [1.807, 2.05) is 31.2 Å². The maximum absolute atomic E-state index is 11.1. The second-order valence-corrected chi connectivity index (χ2v) is 4.63. The Kier molecular flexibility index (Phi) is 3.55. The van der Waals surface area contributed by atoms with Crippen LogP contribution in [-0.2, 0) is 16.0 Å². The van der Waals surface area contributed by atoms with Crippen molar-refractivity contribution in [2.45, 2.75) is 26.3 Å². The minimum absolute atomic E-state index is 0.239. The molecule has 0 radical (unpaired) electrons. The summed E-state index contributed by atoms with van der Waals surface area (Å²) in [6, 6.07) is 6.92. The van der Waals surface area contributed by atoms with Crippen molar-refractivity contribution < 1.29 is 14.7 Å². The standard InChI is InChI=1S/C14H16N2O3/c1-8-4-3-5-10-6-11(16-13(8)10)7-12(14(18)19)15-9(2)17/h3-6,12,16H,7H2,1-2H3,(H,15,17)(H,18,19). The van der Waals surface area contributed by atoms with Crippen LogP contribution in [0.25, 0.3) is 10.9 Å². The molecule has 0 saturated carbocycles. The molecule has 1 atom stereocenters. The lowest BCUT2D eigenvalue weighted by atomic mass is 10.1. The fourth-order valence-electron chi connectivity index (χ4n) is 2.14. The van der Waals surface area contributed by atoms with E-state index in [0.717, 1.165) is 22.2 Å². The van der Waals surface area contributed by atoms with Gasteiger partial charge >= 0.3 is 5.97 Å². The summed E-state index contributed by atoms with van der Waals surface area (Å²) in [4.78, 5) is 25.3. The Labute approximate surface area is 110 Å². The molecular weight excluding hydrogens is 244 g/mol.